The highest BCUT2D eigenvalue weighted by atomic mass is 16.1. The summed E-state index contributed by atoms with van der Waals surface area (Å²) in [6.45, 7) is 4.23. The van der Waals surface area contributed by atoms with Gasteiger partial charge in [-0.15, -0.1) is 0 Å². The lowest BCUT2D eigenvalue weighted by molar-refractivity contribution is -0.122. The third-order valence-corrected chi connectivity index (χ3v) is 3.67. The van der Waals surface area contributed by atoms with Crippen LogP contribution in [0.4, 0.5) is 0 Å². The van der Waals surface area contributed by atoms with Crippen LogP contribution in [0.5, 0.6) is 0 Å². The lowest BCUT2D eigenvalue weighted by atomic mass is 9.69. The molecule has 0 aliphatic heterocycles. The molecule has 2 aromatic rings. The predicted molar refractivity (Wildman–Crippen MR) is 82.3 cm³/mol. The van der Waals surface area contributed by atoms with Crippen LogP contribution in [0.3, 0.4) is 0 Å². The number of amides is 1. The van der Waals surface area contributed by atoms with Gasteiger partial charge in [-0.1, -0.05) is 74.5 Å². The van der Waals surface area contributed by atoms with Crippen molar-refractivity contribution in [3.63, 3.8) is 0 Å². The summed E-state index contributed by atoms with van der Waals surface area (Å²) in [4.78, 5) is 12.4. The predicted octanol–water partition coefficient (Wildman–Crippen LogP) is 3.50. The molecule has 0 saturated carbocycles. The summed E-state index contributed by atoms with van der Waals surface area (Å²) in [5.74, 6) is 0.0755. The molecular weight excluding hydrogens is 246 g/mol. The topological polar surface area (TPSA) is 43.1 Å². The highest BCUT2D eigenvalue weighted by Gasteiger charge is 2.40. The van der Waals surface area contributed by atoms with Gasteiger partial charge < -0.3 is 5.73 Å². The van der Waals surface area contributed by atoms with Crippen LogP contribution >= 0.6 is 0 Å². The van der Waals surface area contributed by atoms with Crippen LogP contribution in [0, 0.1) is 5.92 Å². The van der Waals surface area contributed by atoms with Crippen LogP contribution in [-0.2, 0) is 10.2 Å². The fourth-order valence-corrected chi connectivity index (χ4v) is 2.85. The summed E-state index contributed by atoms with van der Waals surface area (Å²) in [7, 11) is 0. The molecule has 0 atom stereocenters. The first kappa shape index (κ1) is 14.3. The zero-order chi connectivity index (χ0) is 14.6. The van der Waals surface area contributed by atoms with Gasteiger partial charge in [-0.2, -0.15) is 0 Å². The summed E-state index contributed by atoms with van der Waals surface area (Å²) in [6.07, 6.45) is 0.705. The molecule has 0 aliphatic rings. The molecule has 2 nitrogen and oxygen atoms in total. The number of hydrogen-bond acceptors (Lipinski definition) is 1. The Morgan fingerprint density at radius 3 is 1.65 bits per heavy atom. The van der Waals surface area contributed by atoms with E-state index in [1.807, 2.05) is 60.7 Å². The van der Waals surface area contributed by atoms with Crippen molar-refractivity contribution in [1.29, 1.82) is 0 Å². The fraction of sp³-hybridized carbons (Fsp3) is 0.278. The summed E-state index contributed by atoms with van der Waals surface area (Å²) in [6, 6.07) is 19.7. The van der Waals surface area contributed by atoms with Crippen molar-refractivity contribution < 1.29 is 4.79 Å². The Hall–Kier alpha value is -2.09. The smallest absolute Gasteiger partial charge is 0.232 e. The van der Waals surface area contributed by atoms with E-state index in [0.717, 1.165) is 11.1 Å². The van der Waals surface area contributed by atoms with Gasteiger partial charge in [0, 0.05) is 0 Å². The lowest BCUT2D eigenvalue weighted by Gasteiger charge is -2.33. The lowest BCUT2D eigenvalue weighted by Crippen LogP contribution is -2.43. The van der Waals surface area contributed by atoms with E-state index in [4.69, 9.17) is 5.73 Å². The SMILES string of the molecule is CC(C)CC(C(N)=O)(c1ccccc1)c1ccccc1. The minimum atomic E-state index is -0.753. The van der Waals surface area contributed by atoms with Crippen LogP contribution in [0.2, 0.25) is 0 Å². The average Bonchev–Trinajstić information content (AvgIpc) is 2.46. The Kier molecular flexibility index (Phi) is 4.23. The molecule has 2 heteroatoms. The van der Waals surface area contributed by atoms with Crippen molar-refractivity contribution in [3.8, 4) is 0 Å². The van der Waals surface area contributed by atoms with E-state index in [1.54, 1.807) is 0 Å². The van der Waals surface area contributed by atoms with E-state index < -0.39 is 5.41 Å². The Morgan fingerprint density at radius 1 is 0.950 bits per heavy atom. The average molecular weight is 267 g/mol. The van der Waals surface area contributed by atoms with Crippen molar-refractivity contribution in [3.05, 3.63) is 71.8 Å². The number of carbonyl (C=O) groups is 1. The number of hydrogen-bond donors (Lipinski definition) is 1. The van der Waals surface area contributed by atoms with Crippen LogP contribution in [-0.4, -0.2) is 5.91 Å². The van der Waals surface area contributed by atoms with E-state index in [2.05, 4.69) is 13.8 Å². The zero-order valence-corrected chi connectivity index (χ0v) is 12.0. The Morgan fingerprint density at radius 2 is 1.35 bits per heavy atom. The maximum absolute atomic E-state index is 12.4. The molecule has 2 aromatic carbocycles. The third-order valence-electron chi connectivity index (χ3n) is 3.67. The van der Waals surface area contributed by atoms with Gasteiger partial charge in [0.2, 0.25) is 5.91 Å². The van der Waals surface area contributed by atoms with Crippen LogP contribution in [0.25, 0.3) is 0 Å². The van der Waals surface area contributed by atoms with Gasteiger partial charge >= 0.3 is 0 Å². The highest BCUT2D eigenvalue weighted by molar-refractivity contribution is 5.90. The first-order valence-electron chi connectivity index (χ1n) is 6.98. The second kappa shape index (κ2) is 5.91. The van der Waals surface area contributed by atoms with Crippen LogP contribution in [0.15, 0.2) is 60.7 Å². The molecule has 1 amide bonds. The molecule has 0 saturated heterocycles. The van der Waals surface area contributed by atoms with Gasteiger partial charge in [-0.05, 0) is 23.5 Å². The minimum absolute atomic E-state index is 0.288. The fourth-order valence-electron chi connectivity index (χ4n) is 2.85. The van der Waals surface area contributed by atoms with Gasteiger partial charge in [-0.3, -0.25) is 4.79 Å². The van der Waals surface area contributed by atoms with Crippen LogP contribution in [0.1, 0.15) is 31.4 Å². The first-order chi connectivity index (χ1) is 9.57. The van der Waals surface area contributed by atoms with Gasteiger partial charge in [0.25, 0.3) is 0 Å². The van der Waals surface area contributed by atoms with Gasteiger partial charge in [0.1, 0.15) is 0 Å². The van der Waals surface area contributed by atoms with Gasteiger partial charge in [0.05, 0.1) is 5.41 Å². The molecule has 20 heavy (non-hydrogen) atoms. The normalized spacial score (nSPS) is 11.6. The monoisotopic (exact) mass is 267 g/mol. The Balaban J connectivity index is 2.66. The van der Waals surface area contributed by atoms with E-state index in [0.29, 0.717) is 12.3 Å². The van der Waals surface area contributed by atoms with Crippen molar-refractivity contribution >= 4 is 5.91 Å². The van der Waals surface area contributed by atoms with E-state index in [-0.39, 0.29) is 5.91 Å². The second-order valence-corrected chi connectivity index (χ2v) is 5.60. The van der Waals surface area contributed by atoms with Crippen LogP contribution < -0.4 is 5.73 Å². The summed E-state index contributed by atoms with van der Waals surface area (Å²) >= 11 is 0. The largest absolute Gasteiger partial charge is 0.369 e. The molecule has 2 rings (SSSR count). The number of nitrogens with two attached hydrogens (primary N) is 1. The molecule has 104 valence electrons. The van der Waals surface area contributed by atoms with Gasteiger partial charge in [-0.25, -0.2) is 0 Å². The van der Waals surface area contributed by atoms with E-state index in [9.17, 15) is 4.79 Å². The Bertz CT molecular complexity index is 521. The number of primary amides is 1. The maximum atomic E-state index is 12.4. The molecule has 0 spiro atoms. The van der Waals surface area contributed by atoms with Crippen molar-refractivity contribution in [1.82, 2.24) is 0 Å². The maximum Gasteiger partial charge on any atom is 0.232 e. The molecule has 0 radical (unpaired) electrons. The molecule has 0 aromatic heterocycles. The van der Waals surface area contributed by atoms with Gasteiger partial charge in [0.15, 0.2) is 0 Å². The number of benzene rings is 2. The number of rotatable bonds is 5. The molecule has 2 N–H and O–H groups in total. The summed E-state index contributed by atoms with van der Waals surface area (Å²) in [5, 5.41) is 0. The summed E-state index contributed by atoms with van der Waals surface area (Å²) in [5.41, 5.74) is 7.02. The van der Waals surface area contributed by atoms with Crippen molar-refractivity contribution in [2.24, 2.45) is 11.7 Å². The molecule has 0 aliphatic carbocycles. The molecular formula is C18H21NO. The van der Waals surface area contributed by atoms with Crippen molar-refractivity contribution in [2.45, 2.75) is 25.7 Å². The molecule has 0 heterocycles. The number of carbonyl (C=O) groups excluding carboxylic acids is 1. The molecule has 0 unspecified atom stereocenters. The molecule has 0 fully saturated rings. The quantitative estimate of drug-likeness (QED) is 0.885. The highest BCUT2D eigenvalue weighted by Crippen LogP contribution is 2.38. The third kappa shape index (κ3) is 2.60. The van der Waals surface area contributed by atoms with Crippen molar-refractivity contribution in [2.75, 3.05) is 0 Å². The standard InChI is InChI=1S/C18H21NO/c1-14(2)13-18(17(19)20,15-9-5-3-6-10-15)16-11-7-4-8-12-16/h3-12,14H,13H2,1-2H3,(H2,19,20). The molecule has 0 bridgehead atoms. The van der Waals surface area contributed by atoms with E-state index >= 15 is 0 Å². The summed E-state index contributed by atoms with van der Waals surface area (Å²) < 4.78 is 0. The Labute approximate surface area is 120 Å². The minimum Gasteiger partial charge on any atom is -0.369 e. The van der Waals surface area contributed by atoms with E-state index in [1.165, 1.54) is 0 Å². The second-order valence-electron chi connectivity index (χ2n) is 5.60. The zero-order valence-electron chi connectivity index (χ0n) is 12.0. The first-order valence-corrected chi connectivity index (χ1v) is 6.98.